The van der Waals surface area contributed by atoms with Crippen molar-refractivity contribution >= 4 is 28.8 Å². The van der Waals surface area contributed by atoms with Gasteiger partial charge < -0.3 is 19.6 Å². The van der Waals surface area contributed by atoms with E-state index in [0.29, 0.717) is 5.56 Å². The van der Waals surface area contributed by atoms with Crippen LogP contribution in [0, 0.1) is 0 Å². The van der Waals surface area contributed by atoms with Crippen LogP contribution >= 0.6 is 0 Å². The van der Waals surface area contributed by atoms with Crippen LogP contribution in [0.25, 0.3) is 0 Å². The average Bonchev–Trinajstić information content (AvgIpc) is 2.77. The zero-order valence-electron chi connectivity index (χ0n) is 17.4. The van der Waals surface area contributed by atoms with Gasteiger partial charge in [0.05, 0.1) is 12.7 Å². The van der Waals surface area contributed by atoms with Crippen LogP contribution in [0.15, 0.2) is 66.7 Å². The van der Waals surface area contributed by atoms with Gasteiger partial charge in [-0.25, -0.2) is 4.79 Å². The van der Waals surface area contributed by atoms with Crippen molar-refractivity contribution in [3.63, 3.8) is 0 Å². The highest BCUT2D eigenvalue weighted by molar-refractivity contribution is 6.14. The molecule has 3 aromatic rings. The van der Waals surface area contributed by atoms with Crippen molar-refractivity contribution in [3.8, 4) is 5.75 Å². The average molecular weight is 404 g/mol. The van der Waals surface area contributed by atoms with E-state index in [-0.39, 0.29) is 16.9 Å². The first-order valence-corrected chi connectivity index (χ1v) is 9.39. The maximum absolute atomic E-state index is 13.0. The third-order valence-electron chi connectivity index (χ3n) is 4.97. The molecule has 0 amide bonds. The highest BCUT2D eigenvalue weighted by Gasteiger charge is 2.19. The number of benzene rings is 3. The van der Waals surface area contributed by atoms with Gasteiger partial charge in [0.15, 0.2) is 5.78 Å². The van der Waals surface area contributed by atoms with Crippen molar-refractivity contribution in [2.24, 2.45) is 0 Å². The SMILES string of the molecule is COc1ccc(N(C)c2ccc(C(=O)c3ccc(N(C)C)cc3C(=O)O)cc2)cc1. The number of methoxy groups -OCH3 is 1. The summed E-state index contributed by atoms with van der Waals surface area (Å²) in [5.41, 5.74) is 3.19. The third-order valence-corrected chi connectivity index (χ3v) is 4.97. The minimum absolute atomic E-state index is 0.00868. The Morgan fingerprint density at radius 1 is 0.767 bits per heavy atom. The Morgan fingerprint density at radius 2 is 1.30 bits per heavy atom. The van der Waals surface area contributed by atoms with Gasteiger partial charge in [-0.05, 0) is 66.7 Å². The van der Waals surface area contributed by atoms with Crippen LogP contribution in [0.3, 0.4) is 0 Å². The third kappa shape index (κ3) is 4.27. The van der Waals surface area contributed by atoms with Crippen LogP contribution in [0.1, 0.15) is 26.3 Å². The van der Waals surface area contributed by atoms with Crippen molar-refractivity contribution in [3.05, 3.63) is 83.4 Å². The van der Waals surface area contributed by atoms with Gasteiger partial charge in [0.25, 0.3) is 0 Å². The second kappa shape index (κ2) is 8.69. The van der Waals surface area contributed by atoms with Gasteiger partial charge in [-0.15, -0.1) is 0 Å². The number of carbonyl (C=O) groups is 2. The van der Waals surface area contributed by atoms with Crippen LogP contribution in [0.4, 0.5) is 17.1 Å². The molecule has 0 aliphatic heterocycles. The summed E-state index contributed by atoms with van der Waals surface area (Å²) in [5, 5.41) is 9.56. The number of rotatable bonds is 7. The Hall–Kier alpha value is -3.80. The fourth-order valence-corrected chi connectivity index (χ4v) is 3.13. The molecule has 0 radical (unpaired) electrons. The summed E-state index contributed by atoms with van der Waals surface area (Å²) in [6.07, 6.45) is 0. The Kier molecular flexibility index (Phi) is 6.06. The molecule has 154 valence electrons. The van der Waals surface area contributed by atoms with E-state index in [0.717, 1.165) is 22.8 Å². The molecule has 3 rings (SSSR count). The summed E-state index contributed by atoms with van der Waals surface area (Å²) in [5.74, 6) is -0.670. The van der Waals surface area contributed by atoms with E-state index in [1.807, 2.05) is 62.4 Å². The van der Waals surface area contributed by atoms with Gasteiger partial charge >= 0.3 is 5.97 Å². The summed E-state index contributed by atoms with van der Waals surface area (Å²) >= 11 is 0. The molecule has 0 spiro atoms. The van der Waals surface area contributed by atoms with Crippen LogP contribution in [0.5, 0.6) is 5.75 Å². The Morgan fingerprint density at radius 3 is 1.80 bits per heavy atom. The number of nitrogens with zero attached hydrogens (tertiary/aromatic N) is 2. The summed E-state index contributed by atoms with van der Waals surface area (Å²) < 4.78 is 5.19. The Balaban J connectivity index is 1.87. The van der Waals surface area contributed by atoms with Crippen molar-refractivity contribution in [1.82, 2.24) is 0 Å². The highest BCUT2D eigenvalue weighted by atomic mass is 16.5. The molecule has 6 heteroatoms. The predicted molar refractivity (Wildman–Crippen MR) is 119 cm³/mol. The lowest BCUT2D eigenvalue weighted by Crippen LogP contribution is -2.14. The van der Waals surface area contributed by atoms with Crippen LogP contribution in [0.2, 0.25) is 0 Å². The Labute approximate surface area is 175 Å². The van der Waals surface area contributed by atoms with Crippen molar-refractivity contribution in [1.29, 1.82) is 0 Å². The van der Waals surface area contributed by atoms with E-state index in [9.17, 15) is 14.7 Å². The predicted octanol–water partition coefficient (Wildman–Crippen LogP) is 4.46. The maximum Gasteiger partial charge on any atom is 0.336 e. The quantitative estimate of drug-likeness (QED) is 0.587. The molecule has 0 aliphatic rings. The van der Waals surface area contributed by atoms with E-state index >= 15 is 0 Å². The molecule has 0 saturated carbocycles. The van der Waals surface area contributed by atoms with Gasteiger partial charge in [-0.1, -0.05) is 0 Å². The van der Waals surface area contributed by atoms with E-state index in [1.165, 1.54) is 6.07 Å². The second-order valence-electron chi connectivity index (χ2n) is 7.06. The van der Waals surface area contributed by atoms with Gasteiger partial charge in [0, 0.05) is 49.3 Å². The number of hydrogen-bond acceptors (Lipinski definition) is 5. The summed E-state index contributed by atoms with van der Waals surface area (Å²) in [4.78, 5) is 28.4. The molecule has 0 fully saturated rings. The number of anilines is 3. The molecular weight excluding hydrogens is 380 g/mol. The normalized spacial score (nSPS) is 10.4. The molecule has 0 atom stereocenters. The number of carbonyl (C=O) groups excluding carboxylic acids is 1. The molecule has 0 aliphatic carbocycles. The Bertz CT molecular complexity index is 1060. The van der Waals surface area contributed by atoms with Crippen LogP contribution in [-0.2, 0) is 0 Å². The fourth-order valence-electron chi connectivity index (χ4n) is 3.13. The van der Waals surface area contributed by atoms with Gasteiger partial charge in [0.1, 0.15) is 5.75 Å². The molecule has 0 saturated heterocycles. The largest absolute Gasteiger partial charge is 0.497 e. The number of aromatic carboxylic acids is 1. The standard InChI is InChI=1S/C24H24N2O4/c1-25(2)19-11-14-21(22(15-19)24(28)29)23(27)16-5-7-17(8-6-16)26(3)18-9-12-20(30-4)13-10-18/h5-15H,1-4H3,(H,28,29). The summed E-state index contributed by atoms with van der Waals surface area (Å²) in [6.45, 7) is 0. The molecule has 6 nitrogen and oxygen atoms in total. The highest BCUT2D eigenvalue weighted by Crippen LogP contribution is 2.27. The molecule has 0 aromatic heterocycles. The zero-order chi connectivity index (χ0) is 21.8. The molecule has 0 bridgehead atoms. The van der Waals surface area contributed by atoms with Crippen molar-refractivity contribution in [2.75, 3.05) is 38.1 Å². The second-order valence-corrected chi connectivity index (χ2v) is 7.06. The number of carboxylic acids is 1. The smallest absolute Gasteiger partial charge is 0.336 e. The van der Waals surface area contributed by atoms with Crippen molar-refractivity contribution in [2.45, 2.75) is 0 Å². The minimum Gasteiger partial charge on any atom is -0.497 e. The van der Waals surface area contributed by atoms with Gasteiger partial charge in [0.2, 0.25) is 0 Å². The van der Waals surface area contributed by atoms with Gasteiger partial charge in [-0.2, -0.15) is 0 Å². The lowest BCUT2D eigenvalue weighted by atomic mass is 9.97. The topological polar surface area (TPSA) is 70.1 Å². The van der Waals surface area contributed by atoms with Crippen molar-refractivity contribution < 1.29 is 19.4 Å². The first-order valence-electron chi connectivity index (χ1n) is 9.39. The van der Waals surface area contributed by atoms with E-state index < -0.39 is 5.97 Å². The fraction of sp³-hybridized carbons (Fsp3) is 0.167. The molecule has 0 heterocycles. The number of ketones is 1. The number of hydrogen-bond donors (Lipinski definition) is 1. The molecule has 1 N–H and O–H groups in total. The molecule has 30 heavy (non-hydrogen) atoms. The maximum atomic E-state index is 13.0. The monoisotopic (exact) mass is 404 g/mol. The van der Waals surface area contributed by atoms with Crippen LogP contribution < -0.4 is 14.5 Å². The van der Waals surface area contributed by atoms with Crippen LogP contribution in [-0.4, -0.2) is 45.1 Å². The van der Waals surface area contributed by atoms with E-state index in [2.05, 4.69) is 0 Å². The van der Waals surface area contributed by atoms with E-state index in [1.54, 1.807) is 36.3 Å². The minimum atomic E-state index is -1.13. The number of ether oxygens (including phenoxy) is 1. The lowest BCUT2D eigenvalue weighted by Gasteiger charge is -2.20. The summed E-state index contributed by atoms with van der Waals surface area (Å²) in [7, 11) is 7.19. The molecule has 0 unspecified atom stereocenters. The zero-order valence-corrected chi connectivity index (χ0v) is 17.4. The summed E-state index contributed by atoms with van der Waals surface area (Å²) in [6, 6.07) is 19.6. The number of carboxylic acid groups (broad SMARTS) is 1. The van der Waals surface area contributed by atoms with E-state index in [4.69, 9.17) is 4.74 Å². The lowest BCUT2D eigenvalue weighted by molar-refractivity contribution is 0.0693. The van der Waals surface area contributed by atoms with Gasteiger partial charge in [-0.3, -0.25) is 4.79 Å². The first-order chi connectivity index (χ1) is 14.3. The first kappa shape index (κ1) is 20.9. The molecule has 3 aromatic carbocycles. The molecular formula is C24H24N2O4.